The van der Waals surface area contributed by atoms with Gasteiger partial charge in [0.05, 0.1) is 13.1 Å². The molecule has 0 unspecified atom stereocenters. The normalized spacial score (nSPS) is 11.5. The number of aryl methyl sites for hydroxylation is 2. The van der Waals surface area contributed by atoms with Gasteiger partial charge in [-0.25, -0.2) is 9.13 Å². The van der Waals surface area contributed by atoms with Crippen LogP contribution in [0.15, 0.2) is 18.7 Å². The molecule has 0 amide bonds. The summed E-state index contributed by atoms with van der Waals surface area (Å²) in [6, 6.07) is 0.872. The van der Waals surface area contributed by atoms with Crippen molar-refractivity contribution in [2.45, 2.75) is 78.9 Å². The zero-order valence-electron chi connectivity index (χ0n) is 16.5. The van der Waals surface area contributed by atoms with Gasteiger partial charge < -0.3 is 25.7 Å². The van der Waals surface area contributed by atoms with Gasteiger partial charge in [0.2, 0.25) is 6.33 Å². The van der Waals surface area contributed by atoms with Crippen molar-refractivity contribution < 1.29 is 30.3 Å². The number of halogens is 1. The summed E-state index contributed by atoms with van der Waals surface area (Å²) in [5, 5.41) is 0. The van der Waals surface area contributed by atoms with Gasteiger partial charge in [-0.2, -0.15) is 0 Å². The minimum Gasteiger partial charge on any atom is -1.00 e. The lowest BCUT2D eigenvalue weighted by atomic mass is 10.2. The molecule has 1 aromatic rings. The van der Waals surface area contributed by atoms with Gasteiger partial charge in [0.15, 0.2) is 0 Å². The van der Waals surface area contributed by atoms with Crippen LogP contribution in [0.3, 0.4) is 0 Å². The lowest BCUT2D eigenvalue weighted by Crippen LogP contribution is -3.00. The van der Waals surface area contributed by atoms with E-state index in [1.54, 1.807) is 0 Å². The molecule has 0 aliphatic heterocycles. The van der Waals surface area contributed by atoms with Crippen molar-refractivity contribution in [3.05, 3.63) is 18.7 Å². The molecule has 5 nitrogen and oxygen atoms in total. The van der Waals surface area contributed by atoms with Crippen LogP contribution in [0.4, 0.5) is 0 Å². The third-order valence-electron chi connectivity index (χ3n) is 4.01. The monoisotopic (exact) mass is 392 g/mol. The van der Waals surface area contributed by atoms with Gasteiger partial charge in [0, 0.05) is 25.9 Å². The van der Waals surface area contributed by atoms with E-state index in [1.165, 1.54) is 25.7 Å². The number of imidazole rings is 1. The SMILES string of the molecule is CCCCCCn1cc[n+](CCC[Si](OCC)(OCC)OCC)c1.[Cl-]. The molecular weight excluding hydrogens is 356 g/mol. The van der Waals surface area contributed by atoms with Crippen LogP contribution in [0.2, 0.25) is 6.04 Å². The van der Waals surface area contributed by atoms with Crippen LogP contribution in [-0.4, -0.2) is 33.2 Å². The Morgan fingerprint density at radius 2 is 1.52 bits per heavy atom. The van der Waals surface area contributed by atoms with E-state index >= 15 is 0 Å². The van der Waals surface area contributed by atoms with Gasteiger partial charge in [-0.15, -0.1) is 0 Å². The summed E-state index contributed by atoms with van der Waals surface area (Å²) >= 11 is 0. The number of aromatic nitrogens is 2. The molecule has 1 aromatic heterocycles. The second kappa shape index (κ2) is 14.7. The Bertz CT molecular complexity index is 415. The number of hydrogen-bond donors (Lipinski definition) is 0. The molecular formula is C18H37ClN2O3Si. The Labute approximate surface area is 161 Å². The average molecular weight is 393 g/mol. The summed E-state index contributed by atoms with van der Waals surface area (Å²) in [6.45, 7) is 12.3. The van der Waals surface area contributed by atoms with Crippen LogP contribution in [-0.2, 0) is 26.4 Å². The molecule has 0 spiro atoms. The van der Waals surface area contributed by atoms with Crippen molar-refractivity contribution in [2.75, 3.05) is 19.8 Å². The van der Waals surface area contributed by atoms with Crippen LogP contribution in [0.1, 0.15) is 59.8 Å². The first kappa shape index (κ1) is 24.6. The lowest BCUT2D eigenvalue weighted by molar-refractivity contribution is -0.696. The van der Waals surface area contributed by atoms with Gasteiger partial charge in [0.1, 0.15) is 12.4 Å². The van der Waals surface area contributed by atoms with Crippen molar-refractivity contribution in [1.82, 2.24) is 4.57 Å². The Balaban J connectivity index is 0.00000576. The standard InChI is InChI=1S/C18H37N2O3Si.ClH/c1-5-9-10-11-13-19-15-16-20(18-19)14-12-17-24(21-6-2,22-7-3)23-8-4;/h15-16,18H,5-14,17H2,1-4H3;1H/q+1;/p-1. The predicted molar refractivity (Wildman–Crippen MR) is 98.8 cm³/mol. The van der Waals surface area contributed by atoms with Crippen LogP contribution in [0.5, 0.6) is 0 Å². The zero-order valence-corrected chi connectivity index (χ0v) is 18.3. The molecule has 148 valence electrons. The minimum atomic E-state index is -2.49. The summed E-state index contributed by atoms with van der Waals surface area (Å²) in [7, 11) is -2.49. The molecule has 1 heterocycles. The fraction of sp³-hybridized carbons (Fsp3) is 0.833. The molecule has 1 rings (SSSR count). The molecule has 25 heavy (non-hydrogen) atoms. The van der Waals surface area contributed by atoms with Gasteiger partial charge in [-0.1, -0.05) is 19.8 Å². The van der Waals surface area contributed by atoms with Crippen LogP contribution in [0.25, 0.3) is 0 Å². The summed E-state index contributed by atoms with van der Waals surface area (Å²) in [4.78, 5) is 0. The van der Waals surface area contributed by atoms with Crippen molar-refractivity contribution in [2.24, 2.45) is 0 Å². The topological polar surface area (TPSA) is 36.5 Å². The fourth-order valence-corrected chi connectivity index (χ4v) is 5.50. The van der Waals surface area contributed by atoms with E-state index in [0.29, 0.717) is 19.8 Å². The number of unbranched alkanes of at least 4 members (excludes halogenated alkanes) is 3. The molecule has 0 saturated carbocycles. The Hall–Kier alpha value is -0.403. The van der Waals surface area contributed by atoms with E-state index in [9.17, 15) is 0 Å². The molecule has 0 saturated heterocycles. The highest BCUT2D eigenvalue weighted by Crippen LogP contribution is 2.18. The summed E-state index contributed by atoms with van der Waals surface area (Å²) < 4.78 is 22.3. The maximum atomic E-state index is 5.91. The van der Waals surface area contributed by atoms with Crippen molar-refractivity contribution >= 4 is 8.80 Å². The number of nitrogens with zero attached hydrogens (tertiary/aromatic N) is 2. The highest BCUT2D eigenvalue weighted by atomic mass is 35.5. The van der Waals surface area contributed by atoms with Gasteiger partial charge in [-0.05, 0) is 40.0 Å². The molecule has 0 aliphatic carbocycles. The molecule has 0 aliphatic rings. The fourth-order valence-electron chi connectivity index (χ4n) is 2.90. The van der Waals surface area contributed by atoms with Crippen LogP contribution >= 0.6 is 0 Å². The first-order valence-electron chi connectivity index (χ1n) is 9.66. The molecule has 7 heteroatoms. The van der Waals surface area contributed by atoms with E-state index in [-0.39, 0.29) is 12.4 Å². The molecule has 0 radical (unpaired) electrons. The molecule has 0 fully saturated rings. The lowest BCUT2D eigenvalue weighted by Gasteiger charge is -2.28. The quantitative estimate of drug-likeness (QED) is 0.251. The van der Waals surface area contributed by atoms with Gasteiger partial charge in [-0.3, -0.25) is 0 Å². The average Bonchev–Trinajstić information content (AvgIpc) is 3.00. The Kier molecular flexibility index (Phi) is 14.5. The predicted octanol–water partition coefficient (Wildman–Crippen LogP) is 0.798. The highest BCUT2D eigenvalue weighted by Gasteiger charge is 2.39. The molecule has 0 bridgehead atoms. The molecule has 0 atom stereocenters. The second-order valence-electron chi connectivity index (χ2n) is 6.04. The second-order valence-corrected chi connectivity index (χ2v) is 8.77. The highest BCUT2D eigenvalue weighted by molar-refractivity contribution is 6.60. The molecule has 0 aromatic carbocycles. The zero-order chi connectivity index (χ0) is 17.7. The van der Waals surface area contributed by atoms with E-state index in [0.717, 1.165) is 25.6 Å². The number of hydrogen-bond acceptors (Lipinski definition) is 3. The van der Waals surface area contributed by atoms with Crippen LogP contribution in [0, 0.1) is 0 Å². The maximum Gasteiger partial charge on any atom is 0.501 e. The first-order chi connectivity index (χ1) is 11.7. The van der Waals surface area contributed by atoms with E-state index in [4.69, 9.17) is 13.3 Å². The summed E-state index contributed by atoms with van der Waals surface area (Å²) in [5.74, 6) is 0. The smallest absolute Gasteiger partial charge is 0.501 e. The van der Waals surface area contributed by atoms with Gasteiger partial charge in [0.25, 0.3) is 0 Å². The first-order valence-corrected chi connectivity index (χ1v) is 11.6. The van der Waals surface area contributed by atoms with Crippen LogP contribution < -0.4 is 17.0 Å². The Morgan fingerprint density at radius 3 is 2.08 bits per heavy atom. The summed E-state index contributed by atoms with van der Waals surface area (Å²) in [6.07, 6.45) is 12.7. The summed E-state index contributed by atoms with van der Waals surface area (Å²) in [5.41, 5.74) is 0. The third-order valence-corrected chi connectivity index (χ3v) is 7.16. The van der Waals surface area contributed by atoms with Gasteiger partial charge >= 0.3 is 8.80 Å². The minimum absolute atomic E-state index is 0. The largest absolute Gasteiger partial charge is 1.00 e. The van der Waals surface area contributed by atoms with E-state index in [2.05, 4.69) is 34.8 Å². The molecule has 0 N–H and O–H groups in total. The third kappa shape index (κ3) is 9.75. The van der Waals surface area contributed by atoms with Crippen molar-refractivity contribution in [1.29, 1.82) is 0 Å². The van der Waals surface area contributed by atoms with Crippen molar-refractivity contribution in [3.63, 3.8) is 0 Å². The van der Waals surface area contributed by atoms with E-state index < -0.39 is 8.80 Å². The Morgan fingerprint density at radius 1 is 0.880 bits per heavy atom. The number of rotatable bonds is 15. The van der Waals surface area contributed by atoms with E-state index in [1.807, 2.05) is 20.8 Å². The maximum absolute atomic E-state index is 5.91. The van der Waals surface area contributed by atoms with Crippen molar-refractivity contribution in [3.8, 4) is 0 Å².